The van der Waals surface area contributed by atoms with Crippen molar-refractivity contribution < 1.29 is 29.0 Å². The van der Waals surface area contributed by atoms with Crippen LogP contribution in [-0.2, 0) is 23.9 Å². The van der Waals surface area contributed by atoms with Gasteiger partial charge < -0.3 is 14.6 Å². The van der Waals surface area contributed by atoms with E-state index in [1.807, 2.05) is 0 Å². The van der Waals surface area contributed by atoms with Gasteiger partial charge in [0.2, 0.25) is 0 Å². The van der Waals surface area contributed by atoms with Gasteiger partial charge in [0.25, 0.3) is 0 Å². The first-order valence-corrected chi connectivity index (χ1v) is 23.0. The minimum absolute atomic E-state index is 0.00515. The van der Waals surface area contributed by atoms with Crippen LogP contribution in [0.15, 0.2) is 0 Å². The predicted octanol–water partition coefficient (Wildman–Crippen LogP) is 14.6. The Hall–Kier alpha value is -1.59. The highest BCUT2D eigenvalue weighted by Crippen LogP contribution is 2.24. The number of carboxylic acid groups (broad SMARTS) is 1. The molecule has 0 rings (SSSR count). The van der Waals surface area contributed by atoms with Crippen molar-refractivity contribution in [1.82, 2.24) is 0 Å². The number of esters is 2. The van der Waals surface area contributed by atoms with Gasteiger partial charge in [0, 0.05) is 19.3 Å². The third-order valence-corrected chi connectivity index (χ3v) is 10.8. The van der Waals surface area contributed by atoms with Crippen LogP contribution in [0.2, 0.25) is 0 Å². The van der Waals surface area contributed by atoms with Gasteiger partial charge in [0.05, 0.1) is 6.61 Å². The summed E-state index contributed by atoms with van der Waals surface area (Å²) in [7, 11) is 0. The standard InChI is InChI=1S/C46H88O6/c1-4-7-10-13-16-25-32-41-51-45(49)37-30-23-17-19-26-33-42(39-40-44(47)48)34-27-20-18-24-31-38-46(50)52-43(35-28-21-14-11-8-5-2)36-29-22-15-12-9-6-3/h42-43H,4-41H2,1-3H3,(H,47,48). The largest absolute Gasteiger partial charge is 0.481 e. The fourth-order valence-electron chi connectivity index (χ4n) is 7.35. The molecule has 0 bridgehead atoms. The quantitative estimate of drug-likeness (QED) is 0.0496. The van der Waals surface area contributed by atoms with Crippen molar-refractivity contribution in [3.63, 3.8) is 0 Å². The lowest BCUT2D eigenvalue weighted by Gasteiger charge is -2.18. The van der Waals surface area contributed by atoms with Crippen molar-refractivity contribution in [2.45, 2.75) is 264 Å². The zero-order chi connectivity index (χ0) is 38.2. The summed E-state index contributed by atoms with van der Waals surface area (Å²) in [5.74, 6) is -0.278. The fourth-order valence-corrected chi connectivity index (χ4v) is 7.35. The molecule has 0 saturated carbocycles. The summed E-state index contributed by atoms with van der Waals surface area (Å²) in [4.78, 5) is 36.0. The van der Waals surface area contributed by atoms with E-state index in [0.717, 1.165) is 109 Å². The maximum Gasteiger partial charge on any atom is 0.306 e. The highest BCUT2D eigenvalue weighted by molar-refractivity contribution is 5.69. The molecular weight excluding hydrogens is 649 g/mol. The van der Waals surface area contributed by atoms with Gasteiger partial charge in [-0.15, -0.1) is 0 Å². The molecule has 0 aliphatic carbocycles. The second kappa shape index (κ2) is 40.6. The van der Waals surface area contributed by atoms with Crippen LogP contribution in [0.5, 0.6) is 0 Å². The minimum atomic E-state index is -0.697. The van der Waals surface area contributed by atoms with Gasteiger partial charge in [-0.25, -0.2) is 0 Å². The van der Waals surface area contributed by atoms with Crippen LogP contribution in [0.3, 0.4) is 0 Å². The summed E-state index contributed by atoms with van der Waals surface area (Å²) < 4.78 is 11.4. The first-order chi connectivity index (χ1) is 25.4. The molecule has 0 amide bonds. The van der Waals surface area contributed by atoms with Crippen molar-refractivity contribution in [2.75, 3.05) is 6.61 Å². The fraction of sp³-hybridized carbons (Fsp3) is 0.935. The Morgan fingerprint density at radius 1 is 0.404 bits per heavy atom. The van der Waals surface area contributed by atoms with Crippen LogP contribution in [0.1, 0.15) is 258 Å². The number of hydrogen-bond acceptors (Lipinski definition) is 5. The van der Waals surface area contributed by atoms with Gasteiger partial charge in [-0.05, 0) is 57.3 Å². The molecule has 1 N–H and O–H groups in total. The van der Waals surface area contributed by atoms with Gasteiger partial charge in [0.1, 0.15) is 6.10 Å². The third-order valence-electron chi connectivity index (χ3n) is 10.8. The highest BCUT2D eigenvalue weighted by Gasteiger charge is 2.15. The van der Waals surface area contributed by atoms with E-state index >= 15 is 0 Å². The van der Waals surface area contributed by atoms with Crippen LogP contribution >= 0.6 is 0 Å². The predicted molar refractivity (Wildman–Crippen MR) is 220 cm³/mol. The Bertz CT molecular complexity index is 767. The molecule has 1 atom stereocenters. The molecule has 0 aliphatic rings. The van der Waals surface area contributed by atoms with Crippen molar-refractivity contribution in [3.8, 4) is 0 Å². The average molecular weight is 737 g/mol. The van der Waals surface area contributed by atoms with E-state index in [9.17, 15) is 19.5 Å². The molecule has 0 heterocycles. The summed E-state index contributed by atoms with van der Waals surface area (Å²) in [6, 6.07) is 0. The molecule has 52 heavy (non-hydrogen) atoms. The molecule has 0 radical (unpaired) electrons. The van der Waals surface area contributed by atoms with Crippen LogP contribution in [-0.4, -0.2) is 35.7 Å². The lowest BCUT2D eigenvalue weighted by atomic mass is 9.90. The number of carbonyl (C=O) groups is 3. The molecule has 0 aromatic rings. The molecular formula is C46H88O6. The molecule has 0 saturated heterocycles. The third kappa shape index (κ3) is 38.1. The number of aliphatic carboxylic acids is 1. The normalized spacial score (nSPS) is 12.0. The maximum atomic E-state index is 12.7. The van der Waals surface area contributed by atoms with E-state index in [4.69, 9.17) is 9.47 Å². The van der Waals surface area contributed by atoms with Gasteiger partial charge in [0.15, 0.2) is 0 Å². The number of carbonyl (C=O) groups excluding carboxylic acids is 2. The van der Waals surface area contributed by atoms with Gasteiger partial charge in [-0.2, -0.15) is 0 Å². The van der Waals surface area contributed by atoms with Crippen molar-refractivity contribution in [3.05, 3.63) is 0 Å². The SMILES string of the molecule is CCCCCCCCCOC(=O)CCCCCCCC(CCCCCCCC(=O)OC(CCCCCCCC)CCCCCCCC)CCC(=O)O. The number of hydrogen-bond donors (Lipinski definition) is 1. The Labute approximate surface area is 323 Å². The Morgan fingerprint density at radius 3 is 1.21 bits per heavy atom. The van der Waals surface area contributed by atoms with E-state index in [-0.39, 0.29) is 24.5 Å². The molecule has 1 unspecified atom stereocenters. The topological polar surface area (TPSA) is 89.9 Å². The van der Waals surface area contributed by atoms with Crippen LogP contribution in [0.25, 0.3) is 0 Å². The lowest BCUT2D eigenvalue weighted by Crippen LogP contribution is -2.18. The van der Waals surface area contributed by atoms with E-state index in [1.54, 1.807) is 0 Å². The van der Waals surface area contributed by atoms with Crippen LogP contribution < -0.4 is 0 Å². The Morgan fingerprint density at radius 2 is 0.769 bits per heavy atom. The molecule has 0 fully saturated rings. The molecule has 0 aromatic carbocycles. The first kappa shape index (κ1) is 50.4. The summed E-state index contributed by atoms with van der Waals surface area (Å²) in [6.45, 7) is 7.31. The summed E-state index contributed by atoms with van der Waals surface area (Å²) >= 11 is 0. The molecule has 6 nitrogen and oxygen atoms in total. The number of carboxylic acids is 1. The molecule has 0 aliphatic heterocycles. The van der Waals surface area contributed by atoms with Crippen molar-refractivity contribution >= 4 is 17.9 Å². The average Bonchev–Trinajstić information content (AvgIpc) is 3.13. The Kier molecular flexibility index (Phi) is 39.4. The second-order valence-corrected chi connectivity index (χ2v) is 16.0. The van der Waals surface area contributed by atoms with Gasteiger partial charge >= 0.3 is 17.9 Å². The summed E-state index contributed by atoms with van der Waals surface area (Å²) in [5, 5.41) is 9.25. The van der Waals surface area contributed by atoms with E-state index < -0.39 is 5.97 Å². The minimum Gasteiger partial charge on any atom is -0.481 e. The number of rotatable bonds is 42. The first-order valence-electron chi connectivity index (χ1n) is 23.0. The smallest absolute Gasteiger partial charge is 0.306 e. The lowest BCUT2D eigenvalue weighted by molar-refractivity contribution is -0.150. The number of unbranched alkanes of at least 4 members (excludes halogenated alkanes) is 24. The van der Waals surface area contributed by atoms with Gasteiger partial charge in [-0.3, -0.25) is 14.4 Å². The molecule has 0 aromatic heterocycles. The Balaban J connectivity index is 4.11. The van der Waals surface area contributed by atoms with Crippen molar-refractivity contribution in [2.24, 2.45) is 5.92 Å². The highest BCUT2D eigenvalue weighted by atomic mass is 16.5. The van der Waals surface area contributed by atoms with Gasteiger partial charge in [-0.1, -0.05) is 188 Å². The summed E-state index contributed by atoms with van der Waals surface area (Å²) in [5.41, 5.74) is 0. The zero-order valence-corrected chi connectivity index (χ0v) is 35.0. The zero-order valence-electron chi connectivity index (χ0n) is 35.0. The van der Waals surface area contributed by atoms with Crippen LogP contribution in [0, 0.1) is 5.92 Å². The molecule has 6 heteroatoms. The second-order valence-electron chi connectivity index (χ2n) is 16.0. The maximum absolute atomic E-state index is 12.7. The monoisotopic (exact) mass is 737 g/mol. The van der Waals surface area contributed by atoms with Crippen LogP contribution in [0.4, 0.5) is 0 Å². The number of ether oxygens (including phenoxy) is 2. The van der Waals surface area contributed by atoms with E-state index in [0.29, 0.717) is 25.4 Å². The van der Waals surface area contributed by atoms with E-state index in [1.165, 1.54) is 109 Å². The van der Waals surface area contributed by atoms with Crippen molar-refractivity contribution in [1.29, 1.82) is 0 Å². The molecule has 0 spiro atoms. The summed E-state index contributed by atoms with van der Waals surface area (Å²) in [6.07, 6.45) is 41.0. The molecule has 308 valence electrons. The van der Waals surface area contributed by atoms with E-state index in [2.05, 4.69) is 20.8 Å².